The van der Waals surface area contributed by atoms with Crippen molar-refractivity contribution in [2.24, 2.45) is 0 Å². The van der Waals surface area contributed by atoms with Crippen LogP contribution >= 0.6 is 11.3 Å². The third-order valence-electron chi connectivity index (χ3n) is 1.86. The number of nitrogens with one attached hydrogen (secondary N) is 1. The van der Waals surface area contributed by atoms with E-state index in [9.17, 15) is 4.79 Å². The van der Waals surface area contributed by atoms with Crippen molar-refractivity contribution in [3.05, 3.63) is 35.6 Å². The molecule has 0 bridgehead atoms. The Labute approximate surface area is 96.1 Å². The highest BCUT2D eigenvalue weighted by molar-refractivity contribution is 7.13. The van der Waals surface area contributed by atoms with Crippen LogP contribution in [0.3, 0.4) is 0 Å². The number of rotatable bonds is 3. The van der Waals surface area contributed by atoms with Crippen molar-refractivity contribution in [1.29, 1.82) is 0 Å². The number of methoxy groups -OCH3 is 1. The van der Waals surface area contributed by atoms with Gasteiger partial charge in [-0.2, -0.15) is 0 Å². The third kappa shape index (κ3) is 2.17. The molecule has 0 aromatic carbocycles. The minimum Gasteiger partial charge on any atom is -0.494 e. The van der Waals surface area contributed by atoms with Crippen molar-refractivity contribution in [3.63, 3.8) is 0 Å². The number of carbonyl (C=O) groups is 1. The molecule has 0 fully saturated rings. The van der Waals surface area contributed by atoms with E-state index >= 15 is 0 Å². The second-order valence-corrected chi connectivity index (χ2v) is 3.74. The summed E-state index contributed by atoms with van der Waals surface area (Å²) in [5, 5.41) is 4.96. The predicted molar refractivity (Wildman–Crippen MR) is 60.9 cm³/mol. The van der Waals surface area contributed by atoms with E-state index in [1.54, 1.807) is 29.9 Å². The van der Waals surface area contributed by atoms with Gasteiger partial charge in [-0.05, 0) is 12.1 Å². The van der Waals surface area contributed by atoms with Crippen molar-refractivity contribution in [1.82, 2.24) is 9.97 Å². The molecule has 0 aliphatic rings. The zero-order chi connectivity index (χ0) is 11.4. The first-order valence-corrected chi connectivity index (χ1v) is 5.39. The molecular weight excluding hydrogens is 226 g/mol. The van der Waals surface area contributed by atoms with E-state index in [2.05, 4.69) is 15.3 Å². The molecule has 82 valence electrons. The lowest BCUT2D eigenvalue weighted by Gasteiger charge is -2.05. The van der Waals surface area contributed by atoms with Gasteiger partial charge in [-0.25, -0.2) is 9.97 Å². The van der Waals surface area contributed by atoms with Crippen LogP contribution in [0, 0.1) is 0 Å². The second-order valence-electron chi connectivity index (χ2n) is 2.85. The molecule has 0 atom stereocenters. The first kappa shape index (κ1) is 10.6. The highest BCUT2D eigenvalue weighted by atomic mass is 32.1. The average Bonchev–Trinajstić information content (AvgIpc) is 2.81. The molecule has 6 heteroatoms. The van der Waals surface area contributed by atoms with Gasteiger partial charge in [0.15, 0.2) is 10.8 Å². The third-order valence-corrected chi connectivity index (χ3v) is 2.55. The van der Waals surface area contributed by atoms with Gasteiger partial charge in [0, 0.05) is 17.8 Å². The number of ether oxygens (including phenoxy) is 1. The fraction of sp³-hybridized carbons (Fsp3) is 0.100. The Morgan fingerprint density at radius 3 is 3.00 bits per heavy atom. The van der Waals surface area contributed by atoms with Crippen molar-refractivity contribution in [3.8, 4) is 5.75 Å². The van der Waals surface area contributed by atoms with Crippen LogP contribution in [0.5, 0.6) is 5.75 Å². The lowest BCUT2D eigenvalue weighted by atomic mass is 10.3. The smallest absolute Gasteiger partial charge is 0.279 e. The summed E-state index contributed by atoms with van der Waals surface area (Å²) in [7, 11) is 1.50. The molecule has 0 aliphatic carbocycles. The fourth-order valence-electron chi connectivity index (χ4n) is 1.17. The summed E-state index contributed by atoms with van der Waals surface area (Å²) in [5.41, 5.74) is 0.250. The molecule has 2 aromatic heterocycles. The van der Waals surface area contributed by atoms with E-state index < -0.39 is 0 Å². The Hall–Kier alpha value is -1.95. The maximum absolute atomic E-state index is 11.8. The van der Waals surface area contributed by atoms with Gasteiger partial charge in [0.1, 0.15) is 5.75 Å². The van der Waals surface area contributed by atoms with Crippen LogP contribution in [-0.4, -0.2) is 23.0 Å². The van der Waals surface area contributed by atoms with Crippen LogP contribution < -0.4 is 10.1 Å². The van der Waals surface area contributed by atoms with Crippen LogP contribution in [0.1, 0.15) is 10.5 Å². The number of hydrogen-bond acceptors (Lipinski definition) is 5. The Balaban J connectivity index is 2.21. The number of pyridine rings is 1. The molecule has 0 aliphatic heterocycles. The zero-order valence-corrected chi connectivity index (χ0v) is 9.32. The number of carbonyl (C=O) groups excluding carboxylic acids is 1. The summed E-state index contributed by atoms with van der Waals surface area (Å²) in [4.78, 5) is 19.7. The lowest BCUT2D eigenvalue weighted by Crippen LogP contribution is -2.14. The molecule has 0 radical (unpaired) electrons. The summed E-state index contributed by atoms with van der Waals surface area (Å²) in [6.07, 6.45) is 3.16. The van der Waals surface area contributed by atoms with E-state index in [4.69, 9.17) is 4.74 Å². The van der Waals surface area contributed by atoms with Gasteiger partial charge in [-0.1, -0.05) is 0 Å². The zero-order valence-electron chi connectivity index (χ0n) is 8.51. The Kier molecular flexibility index (Phi) is 3.11. The standard InChI is InChI=1S/C10H9N3O2S/c1-15-7-3-2-4-11-8(7)9(14)13-10-12-5-6-16-10/h2-6H,1H3,(H,12,13,14). The van der Waals surface area contributed by atoms with Crippen LogP contribution in [0.25, 0.3) is 0 Å². The fourth-order valence-corrected chi connectivity index (χ4v) is 1.69. The molecular formula is C10H9N3O2S. The van der Waals surface area contributed by atoms with E-state index in [-0.39, 0.29) is 11.6 Å². The molecule has 0 unspecified atom stereocenters. The van der Waals surface area contributed by atoms with Gasteiger partial charge in [-0.15, -0.1) is 11.3 Å². The molecule has 5 nitrogen and oxygen atoms in total. The van der Waals surface area contributed by atoms with Crippen molar-refractivity contribution in [2.45, 2.75) is 0 Å². The van der Waals surface area contributed by atoms with Gasteiger partial charge < -0.3 is 4.74 Å². The molecule has 2 aromatic rings. The topological polar surface area (TPSA) is 64.1 Å². The van der Waals surface area contributed by atoms with Gasteiger partial charge in [0.25, 0.3) is 5.91 Å². The number of anilines is 1. The highest BCUT2D eigenvalue weighted by Gasteiger charge is 2.14. The Morgan fingerprint density at radius 1 is 1.44 bits per heavy atom. The molecule has 1 amide bonds. The monoisotopic (exact) mass is 235 g/mol. The average molecular weight is 235 g/mol. The molecule has 0 saturated heterocycles. The second kappa shape index (κ2) is 4.71. The number of aromatic nitrogens is 2. The highest BCUT2D eigenvalue weighted by Crippen LogP contribution is 2.17. The van der Waals surface area contributed by atoms with Gasteiger partial charge >= 0.3 is 0 Å². The number of thiazole rings is 1. The number of nitrogens with zero attached hydrogens (tertiary/aromatic N) is 2. The maximum atomic E-state index is 11.8. The minimum atomic E-state index is -0.326. The first-order valence-electron chi connectivity index (χ1n) is 4.51. The van der Waals surface area contributed by atoms with Crippen LogP contribution in [-0.2, 0) is 0 Å². The van der Waals surface area contributed by atoms with Crippen LogP contribution in [0.15, 0.2) is 29.9 Å². The SMILES string of the molecule is COc1cccnc1C(=O)Nc1nccs1. The number of hydrogen-bond donors (Lipinski definition) is 1. The maximum Gasteiger partial charge on any atom is 0.279 e. The quantitative estimate of drug-likeness (QED) is 0.881. The van der Waals surface area contributed by atoms with Crippen molar-refractivity contribution >= 4 is 22.4 Å². The summed E-state index contributed by atoms with van der Waals surface area (Å²) in [6, 6.07) is 3.39. The molecule has 0 spiro atoms. The molecule has 2 rings (SSSR count). The number of amides is 1. The summed E-state index contributed by atoms with van der Waals surface area (Å²) >= 11 is 1.35. The van der Waals surface area contributed by atoms with Crippen LogP contribution in [0.2, 0.25) is 0 Å². The predicted octanol–water partition coefficient (Wildman–Crippen LogP) is 1.80. The van der Waals surface area contributed by atoms with Crippen molar-refractivity contribution < 1.29 is 9.53 Å². The van der Waals surface area contributed by atoms with Crippen molar-refractivity contribution in [2.75, 3.05) is 12.4 Å². The van der Waals surface area contributed by atoms with E-state index in [0.717, 1.165) is 0 Å². The first-order chi connectivity index (χ1) is 7.81. The van der Waals surface area contributed by atoms with Gasteiger partial charge in [-0.3, -0.25) is 10.1 Å². The summed E-state index contributed by atoms with van der Waals surface area (Å²) in [5.74, 6) is 0.115. The molecule has 16 heavy (non-hydrogen) atoms. The summed E-state index contributed by atoms with van der Waals surface area (Å²) in [6.45, 7) is 0. The van der Waals surface area contributed by atoms with E-state index in [1.165, 1.54) is 18.4 Å². The van der Waals surface area contributed by atoms with Crippen LogP contribution in [0.4, 0.5) is 5.13 Å². The Bertz CT molecular complexity index is 485. The molecule has 2 heterocycles. The Morgan fingerprint density at radius 2 is 2.31 bits per heavy atom. The summed E-state index contributed by atoms with van der Waals surface area (Å²) < 4.78 is 5.05. The minimum absolute atomic E-state index is 0.250. The largest absolute Gasteiger partial charge is 0.494 e. The normalized spacial score (nSPS) is 9.81. The van der Waals surface area contributed by atoms with Gasteiger partial charge in [0.05, 0.1) is 7.11 Å². The molecule has 0 saturated carbocycles. The van der Waals surface area contributed by atoms with E-state index in [0.29, 0.717) is 10.9 Å². The molecule has 1 N–H and O–H groups in total. The lowest BCUT2D eigenvalue weighted by molar-refractivity contribution is 0.101. The van der Waals surface area contributed by atoms with Gasteiger partial charge in [0.2, 0.25) is 0 Å². The van der Waals surface area contributed by atoms with E-state index in [1.807, 2.05) is 0 Å².